The molecular formula is C22H16Cl2N6O4. The minimum absolute atomic E-state index is 0.108. The van der Waals surface area contributed by atoms with Crippen LogP contribution in [0, 0.1) is 0 Å². The number of anilines is 1. The van der Waals surface area contributed by atoms with Crippen LogP contribution in [-0.2, 0) is 25.4 Å². The lowest BCUT2D eigenvalue weighted by Gasteiger charge is -2.09. The van der Waals surface area contributed by atoms with E-state index in [1.807, 2.05) is 0 Å². The number of halogens is 2. The Morgan fingerprint density at radius 3 is 2.62 bits per heavy atom. The van der Waals surface area contributed by atoms with Gasteiger partial charge in [0.15, 0.2) is 11.1 Å². The van der Waals surface area contributed by atoms with Gasteiger partial charge in [-0.15, -0.1) is 0 Å². The van der Waals surface area contributed by atoms with Gasteiger partial charge in [-0.05, 0) is 36.4 Å². The average molecular weight is 499 g/mol. The number of carbonyl (C=O) groups is 1. The zero-order valence-corrected chi connectivity index (χ0v) is 19.4. The summed E-state index contributed by atoms with van der Waals surface area (Å²) in [6.07, 6.45) is 1.36. The van der Waals surface area contributed by atoms with Gasteiger partial charge in [0, 0.05) is 25.3 Å². The Hall–Kier alpha value is -3.89. The van der Waals surface area contributed by atoms with E-state index in [1.54, 1.807) is 36.4 Å². The molecule has 0 bridgehead atoms. The van der Waals surface area contributed by atoms with Crippen molar-refractivity contribution in [1.29, 1.82) is 0 Å². The van der Waals surface area contributed by atoms with E-state index in [4.69, 9.17) is 27.6 Å². The first kappa shape index (κ1) is 21.9. The predicted octanol–water partition coefficient (Wildman–Crippen LogP) is 3.19. The molecule has 0 atom stereocenters. The lowest BCUT2D eigenvalue weighted by atomic mass is 10.2. The normalized spacial score (nSPS) is 11.4. The molecule has 10 nitrogen and oxygen atoms in total. The zero-order chi connectivity index (χ0) is 24.1. The van der Waals surface area contributed by atoms with Crippen LogP contribution in [0.2, 0.25) is 10.0 Å². The molecule has 34 heavy (non-hydrogen) atoms. The van der Waals surface area contributed by atoms with Gasteiger partial charge in [0.05, 0.1) is 16.4 Å². The van der Waals surface area contributed by atoms with Gasteiger partial charge in [-0.1, -0.05) is 23.2 Å². The topological polar surface area (TPSA) is 117 Å². The Balaban J connectivity index is 1.40. The van der Waals surface area contributed by atoms with Crippen molar-refractivity contribution in [2.24, 2.45) is 14.1 Å². The standard InChI is InChI=1S/C22H16Cl2N6O4/c1-28-20-18(21(32)29(2)22(28)33)25-10-30(20)9-17(31)26-12-4-6-16-15(8-12)27-19(34-16)11-3-5-13(23)14(24)7-11/h3-8,10H,9H2,1-2H3,(H,26,31). The second-order valence-electron chi connectivity index (χ2n) is 7.63. The highest BCUT2D eigenvalue weighted by molar-refractivity contribution is 6.42. The van der Waals surface area contributed by atoms with Crippen molar-refractivity contribution >= 4 is 57.1 Å². The Morgan fingerprint density at radius 2 is 1.85 bits per heavy atom. The SMILES string of the molecule is Cn1c(=O)c2ncn(CC(=O)Nc3ccc4oc(-c5ccc(Cl)c(Cl)c5)nc4c3)c2n(C)c1=O. The van der Waals surface area contributed by atoms with Crippen molar-refractivity contribution in [1.82, 2.24) is 23.7 Å². The summed E-state index contributed by atoms with van der Waals surface area (Å²) in [6.45, 7) is -0.150. The zero-order valence-electron chi connectivity index (χ0n) is 17.9. The number of hydrogen-bond donors (Lipinski definition) is 1. The number of fused-ring (bicyclic) bond motifs is 2. The molecule has 0 aliphatic carbocycles. The maximum Gasteiger partial charge on any atom is 0.332 e. The monoisotopic (exact) mass is 498 g/mol. The maximum absolute atomic E-state index is 12.7. The fourth-order valence-electron chi connectivity index (χ4n) is 3.67. The van der Waals surface area contributed by atoms with Gasteiger partial charge in [0.2, 0.25) is 11.8 Å². The second kappa shape index (κ2) is 8.15. The molecule has 3 heterocycles. The first-order valence-electron chi connectivity index (χ1n) is 9.99. The fraction of sp³-hybridized carbons (Fsp3) is 0.136. The highest BCUT2D eigenvalue weighted by atomic mass is 35.5. The van der Waals surface area contributed by atoms with Crippen LogP contribution >= 0.6 is 23.2 Å². The van der Waals surface area contributed by atoms with Crippen LogP contribution in [0.15, 0.2) is 56.7 Å². The number of nitrogens with one attached hydrogen (secondary N) is 1. The third kappa shape index (κ3) is 3.66. The maximum atomic E-state index is 12.7. The summed E-state index contributed by atoms with van der Waals surface area (Å²) in [7, 11) is 2.90. The van der Waals surface area contributed by atoms with E-state index < -0.39 is 11.2 Å². The van der Waals surface area contributed by atoms with Crippen LogP contribution in [0.3, 0.4) is 0 Å². The first-order valence-corrected chi connectivity index (χ1v) is 10.8. The molecular weight excluding hydrogens is 483 g/mol. The van der Waals surface area contributed by atoms with E-state index in [-0.39, 0.29) is 23.6 Å². The van der Waals surface area contributed by atoms with Crippen LogP contribution < -0.4 is 16.6 Å². The van der Waals surface area contributed by atoms with Crippen LogP contribution in [0.1, 0.15) is 0 Å². The van der Waals surface area contributed by atoms with Crippen molar-refractivity contribution in [2.45, 2.75) is 6.54 Å². The van der Waals surface area contributed by atoms with Gasteiger partial charge in [0.25, 0.3) is 5.56 Å². The van der Waals surface area contributed by atoms with E-state index in [0.717, 1.165) is 4.57 Å². The number of carbonyl (C=O) groups excluding carboxylic acids is 1. The van der Waals surface area contributed by atoms with E-state index in [9.17, 15) is 14.4 Å². The molecule has 0 fully saturated rings. The highest BCUT2D eigenvalue weighted by Gasteiger charge is 2.16. The quantitative estimate of drug-likeness (QED) is 0.406. The Labute approximate surface area is 201 Å². The van der Waals surface area contributed by atoms with E-state index in [0.29, 0.717) is 38.3 Å². The molecule has 1 amide bonds. The molecule has 0 spiro atoms. The number of oxazole rings is 1. The molecule has 1 N–H and O–H groups in total. The Morgan fingerprint density at radius 1 is 1.06 bits per heavy atom. The molecule has 0 aliphatic heterocycles. The first-order chi connectivity index (χ1) is 16.2. The van der Waals surface area contributed by atoms with Gasteiger partial charge in [-0.25, -0.2) is 14.8 Å². The minimum Gasteiger partial charge on any atom is -0.436 e. The van der Waals surface area contributed by atoms with Crippen LogP contribution in [0.25, 0.3) is 33.7 Å². The predicted molar refractivity (Wildman–Crippen MR) is 128 cm³/mol. The van der Waals surface area contributed by atoms with Crippen molar-refractivity contribution < 1.29 is 9.21 Å². The second-order valence-corrected chi connectivity index (χ2v) is 8.44. The molecule has 12 heteroatoms. The Kier molecular flexibility index (Phi) is 5.26. The van der Waals surface area contributed by atoms with E-state index in [1.165, 1.54) is 29.6 Å². The number of amides is 1. The van der Waals surface area contributed by atoms with Crippen molar-refractivity contribution in [3.8, 4) is 11.5 Å². The third-order valence-electron chi connectivity index (χ3n) is 5.36. The largest absolute Gasteiger partial charge is 0.436 e. The van der Waals surface area contributed by atoms with Crippen LogP contribution in [-0.4, -0.2) is 29.6 Å². The summed E-state index contributed by atoms with van der Waals surface area (Å²) in [5.74, 6) is -0.00981. The highest BCUT2D eigenvalue weighted by Crippen LogP contribution is 2.30. The molecule has 0 saturated heterocycles. The van der Waals surface area contributed by atoms with E-state index >= 15 is 0 Å². The summed E-state index contributed by atoms with van der Waals surface area (Å²) in [5, 5.41) is 3.60. The molecule has 172 valence electrons. The average Bonchev–Trinajstić information content (AvgIpc) is 3.42. The number of aromatic nitrogens is 5. The molecule has 0 saturated carbocycles. The molecule has 0 radical (unpaired) electrons. The van der Waals surface area contributed by atoms with Crippen LogP contribution in [0.5, 0.6) is 0 Å². The lowest BCUT2D eigenvalue weighted by Crippen LogP contribution is -2.37. The lowest BCUT2D eigenvalue weighted by molar-refractivity contribution is -0.116. The van der Waals surface area contributed by atoms with Gasteiger partial charge < -0.3 is 14.3 Å². The number of imidazole rings is 1. The van der Waals surface area contributed by atoms with Crippen molar-refractivity contribution in [3.63, 3.8) is 0 Å². The summed E-state index contributed by atoms with van der Waals surface area (Å²) in [5.41, 5.74) is 1.59. The number of rotatable bonds is 4. The van der Waals surface area contributed by atoms with Crippen molar-refractivity contribution in [3.05, 3.63) is 73.6 Å². The molecule has 3 aromatic heterocycles. The summed E-state index contributed by atoms with van der Waals surface area (Å²) >= 11 is 12.0. The number of aryl methyl sites for hydroxylation is 1. The molecule has 0 unspecified atom stereocenters. The van der Waals surface area contributed by atoms with Gasteiger partial charge in [-0.3, -0.25) is 18.7 Å². The number of hydrogen-bond acceptors (Lipinski definition) is 6. The number of benzene rings is 2. The Bertz CT molecular complexity index is 1730. The van der Waals surface area contributed by atoms with Gasteiger partial charge >= 0.3 is 5.69 Å². The van der Waals surface area contributed by atoms with E-state index in [2.05, 4.69) is 15.3 Å². The van der Waals surface area contributed by atoms with Gasteiger partial charge in [-0.2, -0.15) is 0 Å². The molecule has 5 rings (SSSR count). The minimum atomic E-state index is -0.522. The molecule has 0 aliphatic rings. The molecule has 2 aromatic carbocycles. The third-order valence-corrected chi connectivity index (χ3v) is 6.10. The van der Waals surface area contributed by atoms with Crippen molar-refractivity contribution in [2.75, 3.05) is 5.32 Å². The summed E-state index contributed by atoms with van der Waals surface area (Å²) < 4.78 is 9.49. The molecule has 5 aromatic rings. The summed E-state index contributed by atoms with van der Waals surface area (Å²) in [4.78, 5) is 45.8. The van der Waals surface area contributed by atoms with Gasteiger partial charge in [0.1, 0.15) is 17.7 Å². The fourth-order valence-corrected chi connectivity index (χ4v) is 3.97. The number of nitrogens with zero attached hydrogens (tertiary/aromatic N) is 5. The smallest absolute Gasteiger partial charge is 0.332 e. The summed E-state index contributed by atoms with van der Waals surface area (Å²) in [6, 6.07) is 10.1. The van der Waals surface area contributed by atoms with Crippen LogP contribution in [0.4, 0.5) is 5.69 Å².